The van der Waals surface area contributed by atoms with Crippen molar-refractivity contribution in [2.24, 2.45) is 5.73 Å². The number of hydrogen-bond donors (Lipinski definition) is 3. The van der Waals surface area contributed by atoms with Gasteiger partial charge in [0.25, 0.3) is 0 Å². The van der Waals surface area contributed by atoms with Crippen molar-refractivity contribution in [2.75, 3.05) is 6.54 Å². The third-order valence-electron chi connectivity index (χ3n) is 3.59. The Bertz CT molecular complexity index is 283. The van der Waals surface area contributed by atoms with Crippen LogP contribution in [0.25, 0.3) is 0 Å². The summed E-state index contributed by atoms with van der Waals surface area (Å²) in [6.45, 7) is 2.82. The van der Waals surface area contributed by atoms with E-state index >= 15 is 0 Å². The Labute approximate surface area is 128 Å². The third-order valence-corrected chi connectivity index (χ3v) is 3.59. The van der Waals surface area contributed by atoms with Gasteiger partial charge in [0, 0.05) is 13.0 Å². The van der Waals surface area contributed by atoms with Gasteiger partial charge in [0.05, 0.1) is 0 Å². The lowest BCUT2D eigenvalue weighted by Gasteiger charge is -2.07. The second-order valence-corrected chi connectivity index (χ2v) is 5.66. The molecule has 4 N–H and O–H groups in total. The van der Waals surface area contributed by atoms with Crippen molar-refractivity contribution in [1.29, 1.82) is 0 Å². The molecule has 0 heterocycles. The van der Waals surface area contributed by atoms with E-state index in [2.05, 4.69) is 12.2 Å². The van der Waals surface area contributed by atoms with Gasteiger partial charge in [0.2, 0.25) is 5.91 Å². The maximum Gasteiger partial charge on any atom is 0.320 e. The highest BCUT2D eigenvalue weighted by molar-refractivity contribution is 5.75. The molecule has 1 unspecified atom stereocenters. The minimum absolute atomic E-state index is 0.103. The summed E-state index contributed by atoms with van der Waals surface area (Å²) in [4.78, 5) is 22.1. The molecule has 0 saturated carbocycles. The summed E-state index contributed by atoms with van der Waals surface area (Å²) in [6.07, 6.45) is 11.0. The van der Waals surface area contributed by atoms with Crippen LogP contribution in [0.5, 0.6) is 0 Å². The van der Waals surface area contributed by atoms with Gasteiger partial charge >= 0.3 is 5.97 Å². The summed E-state index contributed by atoms with van der Waals surface area (Å²) < 4.78 is 0. The van der Waals surface area contributed by atoms with Crippen LogP contribution in [-0.2, 0) is 9.59 Å². The molecule has 0 aromatic heterocycles. The molecule has 1 amide bonds. The first-order chi connectivity index (χ1) is 10.1. The lowest BCUT2D eigenvalue weighted by molar-refractivity contribution is -0.138. The van der Waals surface area contributed by atoms with Crippen molar-refractivity contribution in [3.8, 4) is 0 Å². The van der Waals surface area contributed by atoms with Crippen LogP contribution in [0.15, 0.2) is 0 Å². The number of aliphatic carboxylic acids is 1. The first-order valence-corrected chi connectivity index (χ1v) is 8.33. The van der Waals surface area contributed by atoms with Gasteiger partial charge in [-0.25, -0.2) is 0 Å². The van der Waals surface area contributed by atoms with E-state index in [1.807, 2.05) is 0 Å². The Morgan fingerprint density at radius 1 is 1.00 bits per heavy atom. The number of rotatable bonds is 14. The zero-order valence-electron chi connectivity index (χ0n) is 13.4. The Kier molecular flexibility index (Phi) is 13.1. The standard InChI is InChI=1S/C16H32N2O3/c1-2-3-4-5-6-7-8-12-15(19)18-13-10-9-11-14(17)16(20)21/h14H,2-13,17H2,1H3,(H,18,19)(H,20,21). The lowest BCUT2D eigenvalue weighted by atomic mass is 10.1. The molecule has 5 heteroatoms. The summed E-state index contributed by atoms with van der Waals surface area (Å²) in [5.74, 6) is -0.857. The molecule has 5 nitrogen and oxygen atoms in total. The van der Waals surface area contributed by atoms with Gasteiger partial charge < -0.3 is 16.2 Å². The van der Waals surface area contributed by atoms with E-state index in [0.29, 0.717) is 19.4 Å². The van der Waals surface area contributed by atoms with E-state index in [9.17, 15) is 9.59 Å². The maximum absolute atomic E-state index is 11.6. The predicted molar refractivity (Wildman–Crippen MR) is 85.1 cm³/mol. The molecule has 0 aliphatic carbocycles. The average Bonchev–Trinajstić information content (AvgIpc) is 2.45. The molecule has 0 saturated heterocycles. The Hall–Kier alpha value is -1.10. The first kappa shape index (κ1) is 19.9. The third kappa shape index (κ3) is 13.6. The number of nitrogens with one attached hydrogen (secondary N) is 1. The number of carbonyl (C=O) groups is 2. The van der Waals surface area contributed by atoms with Gasteiger partial charge in [-0.1, -0.05) is 45.4 Å². The van der Waals surface area contributed by atoms with Gasteiger partial charge in [0.1, 0.15) is 6.04 Å². The maximum atomic E-state index is 11.6. The molecule has 0 aromatic carbocycles. The highest BCUT2D eigenvalue weighted by Crippen LogP contribution is 2.08. The van der Waals surface area contributed by atoms with Crippen molar-refractivity contribution in [3.05, 3.63) is 0 Å². The first-order valence-electron chi connectivity index (χ1n) is 8.33. The van der Waals surface area contributed by atoms with Crippen LogP contribution in [-0.4, -0.2) is 29.6 Å². The fraction of sp³-hybridized carbons (Fsp3) is 0.875. The fourth-order valence-corrected chi connectivity index (χ4v) is 2.17. The largest absolute Gasteiger partial charge is 0.480 e. The molecule has 0 aliphatic rings. The van der Waals surface area contributed by atoms with Gasteiger partial charge in [-0.2, -0.15) is 0 Å². The number of carbonyl (C=O) groups excluding carboxylic acids is 1. The molecular weight excluding hydrogens is 268 g/mol. The second-order valence-electron chi connectivity index (χ2n) is 5.66. The zero-order valence-corrected chi connectivity index (χ0v) is 13.4. The molecule has 0 rings (SSSR count). The molecule has 21 heavy (non-hydrogen) atoms. The molecule has 124 valence electrons. The van der Waals surface area contributed by atoms with Crippen molar-refractivity contribution in [2.45, 2.75) is 83.6 Å². The Morgan fingerprint density at radius 2 is 1.62 bits per heavy atom. The van der Waals surface area contributed by atoms with E-state index in [1.165, 1.54) is 32.1 Å². The number of unbranched alkanes of at least 4 members (excludes halogenated alkanes) is 7. The van der Waals surface area contributed by atoms with Crippen molar-refractivity contribution in [3.63, 3.8) is 0 Å². The molecule has 0 radical (unpaired) electrons. The summed E-state index contributed by atoms with van der Waals surface area (Å²) in [5, 5.41) is 11.5. The monoisotopic (exact) mass is 300 g/mol. The van der Waals surface area contributed by atoms with E-state index in [-0.39, 0.29) is 5.91 Å². The summed E-state index contributed by atoms with van der Waals surface area (Å²) in [5.41, 5.74) is 5.40. The van der Waals surface area contributed by atoms with E-state index in [4.69, 9.17) is 10.8 Å². The zero-order chi connectivity index (χ0) is 15.9. The highest BCUT2D eigenvalue weighted by atomic mass is 16.4. The normalized spacial score (nSPS) is 12.1. The molecular formula is C16H32N2O3. The number of nitrogens with two attached hydrogens (primary N) is 1. The number of amides is 1. The van der Waals surface area contributed by atoms with Gasteiger partial charge in [0.15, 0.2) is 0 Å². The van der Waals surface area contributed by atoms with E-state index in [0.717, 1.165) is 25.7 Å². The van der Waals surface area contributed by atoms with E-state index < -0.39 is 12.0 Å². The van der Waals surface area contributed by atoms with Crippen LogP contribution in [0.2, 0.25) is 0 Å². The lowest BCUT2D eigenvalue weighted by Crippen LogP contribution is -2.30. The number of hydrogen-bond acceptors (Lipinski definition) is 3. The van der Waals surface area contributed by atoms with Gasteiger partial charge in [-0.05, 0) is 25.7 Å². The molecule has 0 bridgehead atoms. The summed E-state index contributed by atoms with van der Waals surface area (Å²) in [7, 11) is 0. The summed E-state index contributed by atoms with van der Waals surface area (Å²) in [6, 6.07) is -0.784. The molecule has 0 aromatic rings. The van der Waals surface area contributed by atoms with Gasteiger partial charge in [-0.15, -0.1) is 0 Å². The molecule has 0 spiro atoms. The van der Waals surface area contributed by atoms with Crippen LogP contribution >= 0.6 is 0 Å². The second kappa shape index (κ2) is 13.9. The average molecular weight is 300 g/mol. The number of carboxylic acids is 1. The van der Waals surface area contributed by atoms with Crippen LogP contribution in [0, 0.1) is 0 Å². The van der Waals surface area contributed by atoms with E-state index in [1.54, 1.807) is 0 Å². The Morgan fingerprint density at radius 3 is 2.24 bits per heavy atom. The van der Waals surface area contributed by atoms with Crippen LogP contribution < -0.4 is 11.1 Å². The van der Waals surface area contributed by atoms with Crippen LogP contribution in [0.3, 0.4) is 0 Å². The minimum Gasteiger partial charge on any atom is -0.480 e. The highest BCUT2D eigenvalue weighted by Gasteiger charge is 2.10. The van der Waals surface area contributed by atoms with Crippen LogP contribution in [0.4, 0.5) is 0 Å². The topological polar surface area (TPSA) is 92.4 Å². The molecule has 1 atom stereocenters. The molecule has 0 aliphatic heterocycles. The van der Waals surface area contributed by atoms with Crippen LogP contribution in [0.1, 0.15) is 77.6 Å². The fourth-order valence-electron chi connectivity index (χ4n) is 2.17. The van der Waals surface area contributed by atoms with Crippen molar-refractivity contribution >= 4 is 11.9 Å². The van der Waals surface area contributed by atoms with Crippen molar-refractivity contribution in [1.82, 2.24) is 5.32 Å². The quantitative estimate of drug-likeness (QED) is 0.430. The predicted octanol–water partition coefficient (Wildman–Crippen LogP) is 2.83. The van der Waals surface area contributed by atoms with Crippen molar-refractivity contribution < 1.29 is 14.7 Å². The minimum atomic E-state index is -0.960. The summed E-state index contributed by atoms with van der Waals surface area (Å²) >= 11 is 0. The molecule has 0 fully saturated rings. The SMILES string of the molecule is CCCCCCCCCC(=O)NCCCCC(N)C(=O)O. The van der Waals surface area contributed by atoms with Gasteiger partial charge in [-0.3, -0.25) is 9.59 Å². The number of carboxylic acid groups (broad SMARTS) is 1. The Balaban J connectivity index is 3.29. The smallest absolute Gasteiger partial charge is 0.320 e.